The Morgan fingerprint density at radius 2 is 2.25 bits per heavy atom. The second-order valence-electron chi connectivity index (χ2n) is 3.79. The molecule has 1 atom stereocenters. The lowest BCUT2D eigenvalue weighted by molar-refractivity contribution is 0.00636. The summed E-state index contributed by atoms with van der Waals surface area (Å²) in [5, 5.41) is 9.40. The Hall–Kier alpha value is -1.42. The molecule has 0 amide bonds. The highest BCUT2D eigenvalue weighted by molar-refractivity contribution is 5.45. The molecule has 1 aromatic carbocycles. The fourth-order valence-electron chi connectivity index (χ4n) is 1.74. The summed E-state index contributed by atoms with van der Waals surface area (Å²) in [6.45, 7) is 1.40. The van der Waals surface area contributed by atoms with E-state index in [9.17, 15) is 5.11 Å². The van der Waals surface area contributed by atoms with Gasteiger partial charge < -0.3 is 19.3 Å². The van der Waals surface area contributed by atoms with Gasteiger partial charge in [-0.15, -0.1) is 0 Å². The van der Waals surface area contributed by atoms with Gasteiger partial charge >= 0.3 is 0 Å². The van der Waals surface area contributed by atoms with Crippen molar-refractivity contribution in [1.29, 1.82) is 0 Å². The Bertz CT molecular complexity index is 345. The van der Waals surface area contributed by atoms with Crippen LogP contribution in [-0.4, -0.2) is 31.5 Å². The van der Waals surface area contributed by atoms with E-state index in [0.717, 1.165) is 19.4 Å². The molecule has 0 spiro atoms. The van der Waals surface area contributed by atoms with Gasteiger partial charge in [-0.1, -0.05) is 0 Å². The van der Waals surface area contributed by atoms with Crippen molar-refractivity contribution in [1.82, 2.24) is 0 Å². The zero-order chi connectivity index (χ0) is 11.4. The number of rotatable bonds is 3. The van der Waals surface area contributed by atoms with Crippen molar-refractivity contribution in [2.45, 2.75) is 18.9 Å². The minimum Gasteiger partial charge on any atom is -0.508 e. The van der Waals surface area contributed by atoms with E-state index >= 15 is 0 Å². The van der Waals surface area contributed by atoms with Crippen molar-refractivity contribution in [2.24, 2.45) is 0 Å². The summed E-state index contributed by atoms with van der Waals surface area (Å²) in [6, 6.07) is 4.82. The van der Waals surface area contributed by atoms with Crippen molar-refractivity contribution in [2.75, 3.05) is 20.3 Å². The third kappa shape index (κ3) is 2.58. The number of phenols is 1. The number of methoxy groups -OCH3 is 1. The molecule has 1 aliphatic rings. The lowest BCUT2D eigenvalue weighted by Crippen LogP contribution is -2.28. The maximum absolute atomic E-state index is 9.40. The quantitative estimate of drug-likeness (QED) is 0.852. The molecule has 1 N–H and O–H groups in total. The molecule has 1 saturated heterocycles. The van der Waals surface area contributed by atoms with Crippen molar-refractivity contribution in [3.05, 3.63) is 18.2 Å². The largest absolute Gasteiger partial charge is 0.508 e. The Labute approximate surface area is 94.8 Å². The summed E-state index contributed by atoms with van der Waals surface area (Å²) < 4.78 is 16.2. The van der Waals surface area contributed by atoms with Crippen LogP contribution in [0.2, 0.25) is 0 Å². The third-order valence-electron chi connectivity index (χ3n) is 2.56. The highest BCUT2D eigenvalue weighted by atomic mass is 16.5. The molecule has 4 heteroatoms. The number of hydrogen-bond acceptors (Lipinski definition) is 4. The maximum Gasteiger partial charge on any atom is 0.165 e. The van der Waals surface area contributed by atoms with Gasteiger partial charge in [-0.2, -0.15) is 0 Å². The van der Waals surface area contributed by atoms with E-state index in [1.165, 1.54) is 0 Å². The van der Waals surface area contributed by atoms with Crippen LogP contribution in [0.25, 0.3) is 0 Å². The van der Waals surface area contributed by atoms with Crippen molar-refractivity contribution >= 4 is 0 Å². The molecule has 1 aliphatic heterocycles. The summed E-state index contributed by atoms with van der Waals surface area (Å²) in [6.07, 6.45) is 2.02. The van der Waals surface area contributed by atoms with E-state index in [0.29, 0.717) is 18.1 Å². The molecule has 2 rings (SSSR count). The SMILES string of the molecule is COc1ccc(O)cc1OC1CCCOC1. The first kappa shape index (κ1) is 11.1. The van der Waals surface area contributed by atoms with Gasteiger partial charge in [0, 0.05) is 12.7 Å². The molecular weight excluding hydrogens is 208 g/mol. The van der Waals surface area contributed by atoms with Crippen molar-refractivity contribution in [3.63, 3.8) is 0 Å². The van der Waals surface area contributed by atoms with Gasteiger partial charge in [0.05, 0.1) is 13.7 Å². The van der Waals surface area contributed by atoms with Crippen LogP contribution in [-0.2, 0) is 4.74 Å². The minimum absolute atomic E-state index is 0.0458. The van der Waals surface area contributed by atoms with Crippen LogP contribution in [0.1, 0.15) is 12.8 Å². The number of phenolic OH excluding ortho intramolecular Hbond substituents is 1. The molecule has 0 aromatic heterocycles. The third-order valence-corrected chi connectivity index (χ3v) is 2.56. The second-order valence-corrected chi connectivity index (χ2v) is 3.79. The van der Waals surface area contributed by atoms with Crippen LogP contribution in [0.3, 0.4) is 0 Å². The van der Waals surface area contributed by atoms with Gasteiger partial charge in [-0.3, -0.25) is 0 Å². The van der Waals surface area contributed by atoms with E-state index in [1.54, 1.807) is 25.3 Å². The first-order chi connectivity index (χ1) is 7.79. The first-order valence-corrected chi connectivity index (χ1v) is 5.41. The van der Waals surface area contributed by atoms with E-state index in [-0.39, 0.29) is 11.9 Å². The first-order valence-electron chi connectivity index (χ1n) is 5.41. The highest BCUT2D eigenvalue weighted by Crippen LogP contribution is 2.32. The number of benzene rings is 1. The molecule has 1 unspecified atom stereocenters. The van der Waals surface area contributed by atoms with Gasteiger partial charge in [0.1, 0.15) is 11.9 Å². The van der Waals surface area contributed by atoms with E-state index in [1.807, 2.05) is 0 Å². The summed E-state index contributed by atoms with van der Waals surface area (Å²) in [5.41, 5.74) is 0. The Balaban J connectivity index is 2.09. The highest BCUT2D eigenvalue weighted by Gasteiger charge is 2.17. The normalized spacial score (nSPS) is 20.4. The topological polar surface area (TPSA) is 47.9 Å². The van der Waals surface area contributed by atoms with Gasteiger partial charge in [-0.05, 0) is 25.0 Å². The molecule has 1 aromatic rings. The molecule has 1 heterocycles. The van der Waals surface area contributed by atoms with Crippen LogP contribution >= 0.6 is 0 Å². The monoisotopic (exact) mass is 224 g/mol. The average Bonchev–Trinajstić information content (AvgIpc) is 2.31. The Morgan fingerprint density at radius 1 is 1.38 bits per heavy atom. The van der Waals surface area contributed by atoms with E-state index < -0.39 is 0 Å². The van der Waals surface area contributed by atoms with E-state index in [2.05, 4.69) is 0 Å². The van der Waals surface area contributed by atoms with Gasteiger partial charge in [-0.25, -0.2) is 0 Å². The lowest BCUT2D eigenvalue weighted by atomic mass is 10.2. The predicted octanol–water partition coefficient (Wildman–Crippen LogP) is 1.96. The Morgan fingerprint density at radius 3 is 2.94 bits per heavy atom. The van der Waals surface area contributed by atoms with Crippen LogP contribution in [0.5, 0.6) is 17.2 Å². The fourth-order valence-corrected chi connectivity index (χ4v) is 1.74. The summed E-state index contributed by atoms with van der Waals surface area (Å²) >= 11 is 0. The van der Waals surface area contributed by atoms with E-state index in [4.69, 9.17) is 14.2 Å². The summed E-state index contributed by atoms with van der Waals surface area (Å²) in [4.78, 5) is 0. The zero-order valence-electron chi connectivity index (χ0n) is 9.31. The minimum atomic E-state index is 0.0458. The number of aromatic hydroxyl groups is 1. The second kappa shape index (κ2) is 5.07. The molecule has 0 saturated carbocycles. The van der Waals surface area contributed by atoms with Crippen molar-refractivity contribution in [3.8, 4) is 17.2 Å². The van der Waals surface area contributed by atoms with Crippen LogP contribution < -0.4 is 9.47 Å². The smallest absolute Gasteiger partial charge is 0.165 e. The average molecular weight is 224 g/mol. The lowest BCUT2D eigenvalue weighted by Gasteiger charge is -2.24. The molecule has 16 heavy (non-hydrogen) atoms. The fraction of sp³-hybridized carbons (Fsp3) is 0.500. The summed E-state index contributed by atoms with van der Waals surface area (Å²) in [7, 11) is 1.58. The van der Waals surface area contributed by atoms with Gasteiger partial charge in [0.25, 0.3) is 0 Å². The summed E-state index contributed by atoms with van der Waals surface area (Å²) in [5.74, 6) is 1.37. The van der Waals surface area contributed by atoms with Gasteiger partial charge in [0.2, 0.25) is 0 Å². The number of hydrogen-bond donors (Lipinski definition) is 1. The molecule has 0 radical (unpaired) electrons. The van der Waals surface area contributed by atoms with Gasteiger partial charge in [0.15, 0.2) is 11.5 Å². The molecular formula is C12H16O4. The molecule has 0 aliphatic carbocycles. The maximum atomic E-state index is 9.40. The molecule has 0 bridgehead atoms. The molecule has 88 valence electrons. The van der Waals surface area contributed by atoms with Crippen LogP contribution in [0, 0.1) is 0 Å². The van der Waals surface area contributed by atoms with Crippen LogP contribution in [0.15, 0.2) is 18.2 Å². The Kier molecular flexibility index (Phi) is 3.51. The predicted molar refractivity (Wildman–Crippen MR) is 59.1 cm³/mol. The molecule has 1 fully saturated rings. The number of ether oxygens (including phenoxy) is 3. The molecule has 4 nitrogen and oxygen atoms in total. The van der Waals surface area contributed by atoms with Crippen molar-refractivity contribution < 1.29 is 19.3 Å². The van der Waals surface area contributed by atoms with Crippen LogP contribution in [0.4, 0.5) is 0 Å². The zero-order valence-corrected chi connectivity index (χ0v) is 9.31. The standard InChI is InChI=1S/C12H16O4/c1-14-11-5-4-9(13)7-12(11)16-10-3-2-6-15-8-10/h4-5,7,10,13H,2-3,6,8H2,1H3.